The first-order valence-electron chi connectivity index (χ1n) is 7.82. The van der Waals surface area contributed by atoms with Gasteiger partial charge in [0.05, 0.1) is 11.3 Å². The van der Waals surface area contributed by atoms with Gasteiger partial charge in [-0.15, -0.1) is 0 Å². The van der Waals surface area contributed by atoms with E-state index in [2.05, 4.69) is 15.6 Å². The zero-order valence-electron chi connectivity index (χ0n) is 14.5. The van der Waals surface area contributed by atoms with Crippen LogP contribution in [0, 0.1) is 0 Å². The minimum Gasteiger partial charge on any atom is -0.356 e. The van der Waals surface area contributed by atoms with Crippen LogP contribution in [0.25, 0.3) is 0 Å². The van der Waals surface area contributed by atoms with Crippen LogP contribution in [0.5, 0.6) is 0 Å². The number of guanidine groups is 1. The Morgan fingerprint density at radius 1 is 1.24 bits per heavy atom. The maximum atomic E-state index is 12.8. The van der Waals surface area contributed by atoms with E-state index in [1.807, 2.05) is 6.92 Å². The van der Waals surface area contributed by atoms with Gasteiger partial charge in [-0.1, -0.05) is 25.1 Å². The molecule has 0 amide bonds. The molecule has 9 heteroatoms. The Labute approximate surface area is 146 Å². The number of alkyl halides is 3. The minimum atomic E-state index is -4.35. The minimum absolute atomic E-state index is 0.00562. The SMILES string of the molecule is CN=C(NCCC(C)c1cccc(C(F)(F)F)c1)NCCS(C)(=O)=O. The molecule has 1 aromatic rings. The molecule has 0 aliphatic heterocycles. The highest BCUT2D eigenvalue weighted by Crippen LogP contribution is 2.31. The molecular formula is C16H24F3N3O2S. The topological polar surface area (TPSA) is 70.6 Å². The first-order valence-corrected chi connectivity index (χ1v) is 9.88. The quantitative estimate of drug-likeness (QED) is 0.564. The highest BCUT2D eigenvalue weighted by atomic mass is 32.2. The molecule has 1 atom stereocenters. The number of rotatable bonds is 7. The lowest BCUT2D eigenvalue weighted by Crippen LogP contribution is -2.40. The molecule has 25 heavy (non-hydrogen) atoms. The lowest BCUT2D eigenvalue weighted by atomic mass is 9.96. The maximum absolute atomic E-state index is 12.8. The summed E-state index contributed by atoms with van der Waals surface area (Å²) in [6.07, 6.45) is -2.59. The molecule has 1 rings (SSSR count). The molecule has 142 valence electrons. The van der Waals surface area contributed by atoms with Crippen LogP contribution in [0.15, 0.2) is 29.3 Å². The number of sulfone groups is 1. The molecule has 1 unspecified atom stereocenters. The number of halogens is 3. The van der Waals surface area contributed by atoms with Crippen LogP contribution < -0.4 is 10.6 Å². The Morgan fingerprint density at radius 2 is 1.88 bits per heavy atom. The fraction of sp³-hybridized carbons (Fsp3) is 0.562. The summed E-state index contributed by atoms with van der Waals surface area (Å²) in [5.41, 5.74) is -0.0280. The summed E-state index contributed by atoms with van der Waals surface area (Å²) in [6, 6.07) is 5.32. The molecule has 0 aromatic heterocycles. The third kappa shape index (κ3) is 8.24. The van der Waals surface area contributed by atoms with E-state index in [1.54, 1.807) is 13.1 Å². The van der Waals surface area contributed by atoms with E-state index in [0.29, 0.717) is 24.5 Å². The molecule has 0 spiro atoms. The van der Waals surface area contributed by atoms with Crippen LogP contribution in [0.4, 0.5) is 13.2 Å². The van der Waals surface area contributed by atoms with E-state index in [1.165, 1.54) is 12.1 Å². The van der Waals surface area contributed by atoms with E-state index in [0.717, 1.165) is 12.3 Å². The van der Waals surface area contributed by atoms with E-state index in [9.17, 15) is 21.6 Å². The van der Waals surface area contributed by atoms with Crippen molar-refractivity contribution >= 4 is 15.8 Å². The monoisotopic (exact) mass is 379 g/mol. The summed E-state index contributed by atoms with van der Waals surface area (Å²) in [6.45, 7) is 2.59. The van der Waals surface area contributed by atoms with Crippen LogP contribution in [0.2, 0.25) is 0 Å². The van der Waals surface area contributed by atoms with E-state index in [-0.39, 0.29) is 18.2 Å². The second-order valence-corrected chi connectivity index (χ2v) is 8.13. The van der Waals surface area contributed by atoms with Crippen molar-refractivity contribution in [2.45, 2.75) is 25.4 Å². The predicted octanol–water partition coefficient (Wildman–Crippen LogP) is 2.41. The molecule has 0 fully saturated rings. The lowest BCUT2D eigenvalue weighted by Gasteiger charge is -2.16. The predicted molar refractivity (Wildman–Crippen MR) is 93.6 cm³/mol. The highest BCUT2D eigenvalue weighted by molar-refractivity contribution is 7.90. The van der Waals surface area contributed by atoms with E-state index in [4.69, 9.17) is 0 Å². The van der Waals surface area contributed by atoms with Crippen molar-refractivity contribution < 1.29 is 21.6 Å². The molecule has 2 N–H and O–H groups in total. The van der Waals surface area contributed by atoms with Gasteiger partial charge in [-0.25, -0.2) is 8.42 Å². The number of aliphatic imine (C=N–C) groups is 1. The van der Waals surface area contributed by atoms with Crippen LogP contribution >= 0.6 is 0 Å². The zero-order chi connectivity index (χ0) is 19.1. The Bertz CT molecular complexity index is 688. The molecule has 5 nitrogen and oxygen atoms in total. The van der Waals surface area contributed by atoms with Gasteiger partial charge in [0.25, 0.3) is 0 Å². The molecule has 0 saturated carbocycles. The average molecular weight is 379 g/mol. The first-order chi connectivity index (χ1) is 11.5. The molecule has 0 aliphatic carbocycles. The molecular weight excluding hydrogens is 355 g/mol. The van der Waals surface area contributed by atoms with Gasteiger partial charge >= 0.3 is 6.18 Å². The Kier molecular flexibility index (Phi) is 7.72. The van der Waals surface area contributed by atoms with Crippen molar-refractivity contribution in [3.8, 4) is 0 Å². The molecule has 0 heterocycles. The molecule has 0 aliphatic rings. The largest absolute Gasteiger partial charge is 0.416 e. The fourth-order valence-electron chi connectivity index (χ4n) is 2.17. The smallest absolute Gasteiger partial charge is 0.356 e. The van der Waals surface area contributed by atoms with Gasteiger partial charge in [-0.05, 0) is 24.0 Å². The summed E-state index contributed by atoms with van der Waals surface area (Å²) in [5, 5.41) is 5.90. The molecule has 0 bridgehead atoms. The zero-order valence-corrected chi connectivity index (χ0v) is 15.3. The maximum Gasteiger partial charge on any atom is 0.416 e. The Hall–Kier alpha value is -1.77. The standard InChI is InChI=1S/C16H24F3N3O2S/c1-12(13-5-4-6-14(11-13)16(17,18)19)7-8-21-15(20-2)22-9-10-25(3,23)24/h4-6,11-12H,7-10H2,1-3H3,(H2,20,21,22). The number of hydrogen-bond donors (Lipinski definition) is 2. The van der Waals surface area contributed by atoms with Crippen LogP contribution in [-0.2, 0) is 16.0 Å². The van der Waals surface area contributed by atoms with Gasteiger partial charge < -0.3 is 10.6 Å². The van der Waals surface area contributed by atoms with Crippen molar-refractivity contribution in [3.63, 3.8) is 0 Å². The van der Waals surface area contributed by atoms with E-state index >= 15 is 0 Å². The third-order valence-corrected chi connectivity index (χ3v) is 4.59. The van der Waals surface area contributed by atoms with E-state index < -0.39 is 21.6 Å². The molecule has 0 saturated heterocycles. The summed E-state index contributed by atoms with van der Waals surface area (Å²) in [5.74, 6) is 0.387. The number of nitrogens with one attached hydrogen (secondary N) is 2. The third-order valence-electron chi connectivity index (χ3n) is 3.64. The summed E-state index contributed by atoms with van der Waals surface area (Å²) >= 11 is 0. The van der Waals surface area contributed by atoms with Crippen molar-refractivity contribution in [3.05, 3.63) is 35.4 Å². The number of hydrogen-bond acceptors (Lipinski definition) is 3. The van der Waals surface area contributed by atoms with Crippen molar-refractivity contribution in [1.29, 1.82) is 0 Å². The summed E-state index contributed by atoms with van der Waals surface area (Å²) < 4.78 is 60.4. The Balaban J connectivity index is 2.49. The van der Waals surface area contributed by atoms with Gasteiger partial charge in [0, 0.05) is 26.4 Å². The van der Waals surface area contributed by atoms with Crippen molar-refractivity contribution in [1.82, 2.24) is 10.6 Å². The first kappa shape index (κ1) is 21.3. The summed E-state index contributed by atoms with van der Waals surface area (Å²) in [4.78, 5) is 3.97. The fourth-order valence-corrected chi connectivity index (χ4v) is 2.64. The number of nitrogens with zero attached hydrogens (tertiary/aromatic N) is 1. The van der Waals surface area contributed by atoms with Crippen LogP contribution in [0.1, 0.15) is 30.4 Å². The van der Waals surface area contributed by atoms with Crippen LogP contribution in [-0.4, -0.2) is 46.5 Å². The van der Waals surface area contributed by atoms with Gasteiger partial charge in [-0.3, -0.25) is 4.99 Å². The van der Waals surface area contributed by atoms with Gasteiger partial charge in [-0.2, -0.15) is 13.2 Å². The van der Waals surface area contributed by atoms with Crippen molar-refractivity contribution in [2.24, 2.45) is 4.99 Å². The second-order valence-electron chi connectivity index (χ2n) is 5.87. The highest BCUT2D eigenvalue weighted by Gasteiger charge is 2.30. The molecule has 0 radical (unpaired) electrons. The van der Waals surface area contributed by atoms with Gasteiger partial charge in [0.15, 0.2) is 5.96 Å². The van der Waals surface area contributed by atoms with Crippen molar-refractivity contribution in [2.75, 3.05) is 32.1 Å². The summed E-state index contributed by atoms with van der Waals surface area (Å²) in [7, 11) is -1.49. The van der Waals surface area contributed by atoms with Gasteiger partial charge in [0.2, 0.25) is 0 Å². The lowest BCUT2D eigenvalue weighted by molar-refractivity contribution is -0.137. The number of benzene rings is 1. The van der Waals surface area contributed by atoms with Crippen LogP contribution in [0.3, 0.4) is 0 Å². The normalized spacial score (nSPS) is 14.2. The second kappa shape index (κ2) is 9.07. The average Bonchev–Trinajstić information content (AvgIpc) is 2.51. The Morgan fingerprint density at radius 3 is 2.44 bits per heavy atom. The van der Waals surface area contributed by atoms with Gasteiger partial charge in [0.1, 0.15) is 9.84 Å². The molecule has 1 aromatic carbocycles.